The van der Waals surface area contributed by atoms with Crippen LogP contribution in [0.2, 0.25) is 0 Å². The molecule has 1 heterocycles. The molecule has 0 fully saturated rings. The molecule has 233 valence electrons. The van der Waals surface area contributed by atoms with Crippen molar-refractivity contribution in [2.24, 2.45) is 11.3 Å². The molecule has 43 heavy (non-hydrogen) atoms. The smallest absolute Gasteiger partial charge is 0.189 e. The number of carbonyl (C=O) groups is 1. The van der Waals surface area contributed by atoms with Gasteiger partial charge in [-0.15, -0.1) is 29.1 Å². The predicted molar refractivity (Wildman–Crippen MR) is 176 cm³/mol. The monoisotopic (exact) mass is 761 g/mol. The molecule has 1 N–H and O–H groups in total. The summed E-state index contributed by atoms with van der Waals surface area (Å²) >= 11 is 0. The van der Waals surface area contributed by atoms with E-state index in [1.54, 1.807) is 0 Å². The predicted octanol–water partition coefficient (Wildman–Crippen LogP) is 10.6. The first-order valence-electron chi connectivity index (χ1n) is 15.1. The van der Waals surface area contributed by atoms with Crippen molar-refractivity contribution in [2.45, 2.75) is 87.5 Å². The molecule has 0 saturated heterocycles. The molecule has 0 aliphatic rings. The van der Waals surface area contributed by atoms with Gasteiger partial charge in [0.25, 0.3) is 0 Å². The minimum Gasteiger partial charge on any atom is -0.512 e. The van der Waals surface area contributed by atoms with Crippen LogP contribution in [0.15, 0.2) is 60.4 Å². The van der Waals surface area contributed by atoms with Crippen LogP contribution in [0.25, 0.3) is 32.9 Å². The zero-order chi connectivity index (χ0) is 31.2. The second-order valence-corrected chi connectivity index (χ2v) is 12.9. The summed E-state index contributed by atoms with van der Waals surface area (Å²) in [6.45, 7) is 18.6. The fraction of sp³-hybridized carbons (Fsp3) is 0.421. The van der Waals surface area contributed by atoms with Crippen molar-refractivity contribution < 1.29 is 34.4 Å². The maximum Gasteiger partial charge on any atom is 0.189 e. The third kappa shape index (κ3) is 9.55. The number of carbonyl (C=O) groups excluding carboxylic acids is 1. The largest absolute Gasteiger partial charge is 0.512 e. The van der Waals surface area contributed by atoms with Crippen molar-refractivity contribution in [2.75, 3.05) is 6.67 Å². The summed E-state index contributed by atoms with van der Waals surface area (Å²) in [5.41, 5.74) is 8.74. The minimum absolute atomic E-state index is 0. The summed E-state index contributed by atoms with van der Waals surface area (Å²) in [4.78, 5) is 15.7. The first-order valence-corrected chi connectivity index (χ1v) is 15.1. The molecule has 4 rings (SSSR count). The van der Waals surface area contributed by atoms with Crippen LogP contribution in [0.4, 0.5) is 4.39 Å². The Bertz CT molecular complexity index is 1580. The second-order valence-electron chi connectivity index (χ2n) is 12.9. The number of hydrogen-bond donors (Lipinski definition) is 1. The molecule has 0 aliphatic heterocycles. The van der Waals surface area contributed by atoms with Crippen LogP contribution >= 0.6 is 0 Å². The molecule has 0 aliphatic carbocycles. The van der Waals surface area contributed by atoms with Gasteiger partial charge in [-0.25, -0.2) is 4.39 Å². The molecule has 0 spiro atoms. The molecule has 4 aromatic rings. The zero-order valence-electron chi connectivity index (χ0n) is 27.2. The number of pyridine rings is 1. The van der Waals surface area contributed by atoms with Crippen molar-refractivity contribution in [3.8, 4) is 11.3 Å². The number of aromatic nitrogens is 1. The van der Waals surface area contributed by atoms with Gasteiger partial charge in [0.05, 0.1) is 11.3 Å². The van der Waals surface area contributed by atoms with Crippen LogP contribution in [0.3, 0.4) is 0 Å². The number of ketones is 1. The quantitative estimate of drug-likeness (QED) is 0.111. The number of benzene rings is 3. The number of aliphatic hydroxyl groups excluding tert-OH is 1. The fourth-order valence-electron chi connectivity index (χ4n) is 5.60. The molecule has 1 aromatic heterocycles. The Labute approximate surface area is 271 Å². The topological polar surface area (TPSA) is 50.2 Å². The summed E-state index contributed by atoms with van der Waals surface area (Å²) < 4.78 is 11.7. The Hall–Kier alpha value is -2.88. The molecule has 0 amide bonds. The Balaban J connectivity index is 0.000000424. The first kappa shape index (κ1) is 36.3. The van der Waals surface area contributed by atoms with Crippen molar-refractivity contribution >= 4 is 27.5 Å². The van der Waals surface area contributed by atoms with Gasteiger partial charge in [-0.3, -0.25) is 9.78 Å². The molecule has 5 heteroatoms. The maximum atomic E-state index is 11.7. The molecule has 3 nitrogen and oxygen atoms in total. The van der Waals surface area contributed by atoms with E-state index in [-0.39, 0.29) is 37.2 Å². The Morgan fingerprint density at radius 3 is 2.28 bits per heavy atom. The third-order valence-corrected chi connectivity index (χ3v) is 7.60. The number of nitrogens with zero attached hydrogens (tertiary/aromatic N) is 1. The summed E-state index contributed by atoms with van der Waals surface area (Å²) in [6.07, 6.45) is 3.53. The van der Waals surface area contributed by atoms with Crippen LogP contribution in [-0.2, 0) is 31.3 Å². The van der Waals surface area contributed by atoms with E-state index in [1.165, 1.54) is 38.4 Å². The number of fused-ring (bicyclic) bond motifs is 2. The second kappa shape index (κ2) is 15.7. The van der Waals surface area contributed by atoms with Gasteiger partial charge in [-0.1, -0.05) is 89.7 Å². The molecule has 3 aromatic carbocycles. The number of aryl methyl sites for hydroxylation is 2. The fourth-order valence-corrected chi connectivity index (χ4v) is 5.60. The summed E-state index contributed by atoms with van der Waals surface area (Å²) in [6, 6.07) is 21.3. The Morgan fingerprint density at radius 1 is 1.05 bits per heavy atom. The maximum absolute atomic E-state index is 11.7. The standard InChI is InChI=1S/C29H32N.C9H15FO2.Ir/c1-18(2)25-15-22(14-21-10-8-9-11-24(21)25)26-16-23(17-29(5,6)7)28-20(4)12-19(3)13-27(28)30-26;1-3-7(4-2)9(12)5-8(11)6-10;/h8-13,15-16,18H,17H2,1-7H3;5,7,12H,3-4,6H2,1-2H3;/q-1;;/b;9-5-;. The van der Waals surface area contributed by atoms with Crippen LogP contribution in [-0.4, -0.2) is 22.5 Å². The van der Waals surface area contributed by atoms with Gasteiger partial charge in [0.1, 0.15) is 0 Å². The zero-order valence-corrected chi connectivity index (χ0v) is 29.6. The van der Waals surface area contributed by atoms with E-state index in [0.29, 0.717) is 5.92 Å². The van der Waals surface area contributed by atoms with E-state index in [0.717, 1.165) is 42.1 Å². The van der Waals surface area contributed by atoms with E-state index >= 15 is 0 Å². The summed E-state index contributed by atoms with van der Waals surface area (Å²) in [5.74, 6) is -0.232. The Kier molecular flexibility index (Phi) is 13.3. The van der Waals surface area contributed by atoms with Crippen LogP contribution in [0, 0.1) is 31.2 Å². The number of hydrogen-bond acceptors (Lipinski definition) is 3. The molecule has 0 unspecified atom stereocenters. The summed E-state index contributed by atoms with van der Waals surface area (Å²) in [7, 11) is 0. The van der Waals surface area contributed by atoms with Crippen molar-refractivity contribution in [1.82, 2.24) is 4.98 Å². The SMILES string of the molecule is CCC(CC)/C(O)=C/C(=O)CF.Cc1cc(C)c2c(CC(C)(C)C)cc(-c3[c-]c4ccccc4c(C(C)C)c3)nc2c1.[Ir]. The number of allylic oxidation sites excluding steroid dienone is 2. The van der Waals surface area contributed by atoms with Crippen LogP contribution in [0.5, 0.6) is 0 Å². The third-order valence-electron chi connectivity index (χ3n) is 7.60. The normalized spacial score (nSPS) is 12.0. The molecule has 0 bridgehead atoms. The number of aliphatic hydroxyl groups is 1. The van der Waals surface area contributed by atoms with Crippen molar-refractivity contribution in [1.29, 1.82) is 0 Å². The van der Waals surface area contributed by atoms with Crippen LogP contribution in [0.1, 0.15) is 89.5 Å². The first-order chi connectivity index (χ1) is 19.8. The van der Waals surface area contributed by atoms with E-state index in [1.807, 2.05) is 13.8 Å². The van der Waals surface area contributed by atoms with Crippen LogP contribution < -0.4 is 0 Å². The van der Waals surface area contributed by atoms with Gasteiger partial charge in [0.15, 0.2) is 12.5 Å². The van der Waals surface area contributed by atoms with E-state index in [2.05, 4.69) is 103 Å². The van der Waals surface area contributed by atoms with Gasteiger partial charge >= 0.3 is 0 Å². The van der Waals surface area contributed by atoms with E-state index in [4.69, 9.17) is 4.98 Å². The van der Waals surface area contributed by atoms with Gasteiger partial charge in [0.2, 0.25) is 0 Å². The Morgan fingerprint density at radius 2 is 1.70 bits per heavy atom. The van der Waals surface area contributed by atoms with Gasteiger partial charge in [0, 0.05) is 43.2 Å². The van der Waals surface area contributed by atoms with E-state index < -0.39 is 12.5 Å². The molecular formula is C38H47FIrNO2-. The van der Waals surface area contributed by atoms with Gasteiger partial charge in [-0.2, -0.15) is 0 Å². The van der Waals surface area contributed by atoms with Gasteiger partial charge < -0.3 is 5.11 Å². The van der Waals surface area contributed by atoms with E-state index in [9.17, 15) is 14.3 Å². The summed E-state index contributed by atoms with van der Waals surface area (Å²) in [5, 5.41) is 13.0. The number of rotatable bonds is 8. The molecular weight excluding hydrogens is 714 g/mol. The molecule has 0 saturated carbocycles. The number of halogens is 1. The minimum atomic E-state index is -1.04. The van der Waals surface area contributed by atoms with Crippen molar-refractivity contribution in [3.05, 3.63) is 88.7 Å². The average Bonchev–Trinajstić information content (AvgIpc) is 2.91. The van der Waals surface area contributed by atoms with Gasteiger partial charge in [-0.05, 0) is 67.2 Å². The molecule has 0 atom stereocenters. The molecule has 1 radical (unpaired) electrons. The van der Waals surface area contributed by atoms with Crippen molar-refractivity contribution in [3.63, 3.8) is 0 Å². The average molecular weight is 761 g/mol. The number of alkyl halides is 1.